The fraction of sp³-hybridized carbons (Fsp3) is 0.105. The lowest BCUT2D eigenvalue weighted by molar-refractivity contribution is 0.355. The molecule has 0 atom stereocenters. The fourth-order valence-electron chi connectivity index (χ4n) is 2.35. The monoisotopic (exact) mass is 325 g/mol. The number of aromatic nitrogens is 1. The standard InChI is InChI=1S/C19H16ClNO2/c1-22-18-11-14(16(20)12-19(18)23-2)8-10-15-9-7-13-5-3-4-6-17(13)21-15/h3-12H,1-2H3/b10-8+. The molecular weight excluding hydrogens is 310 g/mol. The van der Waals surface area contributed by atoms with Crippen LogP contribution in [0.25, 0.3) is 23.1 Å². The van der Waals surface area contributed by atoms with Crippen molar-refractivity contribution in [1.82, 2.24) is 4.98 Å². The average Bonchev–Trinajstić information content (AvgIpc) is 2.60. The van der Waals surface area contributed by atoms with E-state index in [1.165, 1.54) is 0 Å². The molecule has 4 heteroatoms. The molecular formula is C19H16ClNO2. The highest BCUT2D eigenvalue weighted by Gasteiger charge is 2.08. The van der Waals surface area contributed by atoms with Crippen LogP contribution in [0.3, 0.4) is 0 Å². The minimum absolute atomic E-state index is 0.597. The van der Waals surface area contributed by atoms with Crippen LogP contribution in [0.4, 0.5) is 0 Å². The molecule has 0 spiro atoms. The van der Waals surface area contributed by atoms with Crippen LogP contribution in [0.5, 0.6) is 11.5 Å². The average molecular weight is 326 g/mol. The molecule has 0 unspecified atom stereocenters. The van der Waals surface area contributed by atoms with E-state index < -0.39 is 0 Å². The first kappa shape index (κ1) is 15.4. The Bertz CT molecular complexity index is 874. The molecule has 3 rings (SSSR count). The van der Waals surface area contributed by atoms with Crippen LogP contribution in [0, 0.1) is 0 Å². The van der Waals surface area contributed by atoms with Crippen LogP contribution in [-0.4, -0.2) is 19.2 Å². The summed E-state index contributed by atoms with van der Waals surface area (Å²) in [7, 11) is 3.19. The summed E-state index contributed by atoms with van der Waals surface area (Å²) in [6, 6.07) is 15.6. The molecule has 0 fully saturated rings. The second kappa shape index (κ2) is 6.71. The molecule has 0 radical (unpaired) electrons. The Morgan fingerprint density at radius 2 is 1.65 bits per heavy atom. The zero-order valence-corrected chi connectivity index (χ0v) is 13.7. The smallest absolute Gasteiger partial charge is 0.162 e. The third-order valence-corrected chi connectivity index (χ3v) is 3.88. The summed E-state index contributed by atoms with van der Waals surface area (Å²) >= 11 is 6.29. The Kier molecular flexibility index (Phi) is 4.49. The van der Waals surface area contributed by atoms with Gasteiger partial charge in [-0.1, -0.05) is 41.9 Å². The number of methoxy groups -OCH3 is 2. The SMILES string of the molecule is COc1cc(Cl)c(/C=C/c2ccc3ccccc3n2)cc1OC. The zero-order valence-electron chi connectivity index (χ0n) is 12.9. The normalized spacial score (nSPS) is 11.1. The van der Waals surface area contributed by atoms with Crippen molar-refractivity contribution in [3.8, 4) is 11.5 Å². The number of ether oxygens (including phenoxy) is 2. The summed E-state index contributed by atoms with van der Waals surface area (Å²) in [5, 5.41) is 1.72. The topological polar surface area (TPSA) is 31.4 Å². The van der Waals surface area contributed by atoms with E-state index in [1.54, 1.807) is 20.3 Å². The highest BCUT2D eigenvalue weighted by molar-refractivity contribution is 6.32. The zero-order chi connectivity index (χ0) is 16.2. The molecule has 0 aliphatic heterocycles. The van der Waals surface area contributed by atoms with Crippen LogP contribution >= 0.6 is 11.6 Å². The summed E-state index contributed by atoms with van der Waals surface area (Å²) in [5.74, 6) is 1.25. The second-order valence-electron chi connectivity index (χ2n) is 4.99. The highest BCUT2D eigenvalue weighted by atomic mass is 35.5. The summed E-state index contributed by atoms with van der Waals surface area (Å²) in [4.78, 5) is 4.61. The molecule has 0 aliphatic rings. The molecule has 1 aromatic heterocycles. The maximum Gasteiger partial charge on any atom is 0.162 e. The summed E-state index contributed by atoms with van der Waals surface area (Å²) in [5.41, 5.74) is 2.68. The Balaban J connectivity index is 1.94. The number of hydrogen-bond acceptors (Lipinski definition) is 3. The van der Waals surface area contributed by atoms with Gasteiger partial charge < -0.3 is 9.47 Å². The second-order valence-corrected chi connectivity index (χ2v) is 5.40. The van der Waals surface area contributed by atoms with Gasteiger partial charge in [0.15, 0.2) is 11.5 Å². The third kappa shape index (κ3) is 3.30. The van der Waals surface area contributed by atoms with Gasteiger partial charge in [-0.05, 0) is 29.8 Å². The number of fused-ring (bicyclic) bond motifs is 1. The van der Waals surface area contributed by atoms with Gasteiger partial charge in [0.05, 0.1) is 30.5 Å². The molecule has 0 aliphatic carbocycles. The molecule has 0 saturated heterocycles. The molecule has 0 bridgehead atoms. The van der Waals surface area contributed by atoms with Gasteiger partial charge >= 0.3 is 0 Å². The van der Waals surface area contributed by atoms with Gasteiger partial charge in [0, 0.05) is 11.5 Å². The third-order valence-electron chi connectivity index (χ3n) is 3.56. The highest BCUT2D eigenvalue weighted by Crippen LogP contribution is 2.33. The quantitative estimate of drug-likeness (QED) is 0.670. The lowest BCUT2D eigenvalue weighted by atomic mass is 10.1. The summed E-state index contributed by atoms with van der Waals surface area (Å²) in [6.45, 7) is 0. The van der Waals surface area contributed by atoms with Crippen LogP contribution in [0.15, 0.2) is 48.5 Å². The Labute approximate surface area is 140 Å². The van der Waals surface area contributed by atoms with Crippen molar-refractivity contribution < 1.29 is 9.47 Å². The molecule has 0 saturated carbocycles. The van der Waals surface area contributed by atoms with E-state index in [9.17, 15) is 0 Å². The van der Waals surface area contributed by atoms with Gasteiger partial charge in [-0.15, -0.1) is 0 Å². The fourth-order valence-corrected chi connectivity index (χ4v) is 2.56. The van der Waals surface area contributed by atoms with Crippen molar-refractivity contribution in [2.45, 2.75) is 0 Å². The first-order valence-corrected chi connectivity index (χ1v) is 7.54. The van der Waals surface area contributed by atoms with E-state index in [1.807, 2.05) is 48.6 Å². The Morgan fingerprint density at radius 3 is 2.43 bits per heavy atom. The Hall–Kier alpha value is -2.52. The molecule has 0 amide bonds. The van der Waals surface area contributed by atoms with Crippen molar-refractivity contribution in [3.05, 3.63) is 64.8 Å². The lowest BCUT2D eigenvalue weighted by Crippen LogP contribution is -1.91. The summed E-state index contributed by atoms with van der Waals surface area (Å²) in [6.07, 6.45) is 3.85. The van der Waals surface area contributed by atoms with Crippen LogP contribution in [-0.2, 0) is 0 Å². The van der Waals surface area contributed by atoms with Crippen LogP contribution < -0.4 is 9.47 Å². The predicted octanol–water partition coefficient (Wildman–Crippen LogP) is 5.08. The van der Waals surface area contributed by atoms with Gasteiger partial charge in [-0.3, -0.25) is 0 Å². The van der Waals surface area contributed by atoms with E-state index in [-0.39, 0.29) is 0 Å². The predicted molar refractivity (Wildman–Crippen MR) is 95.2 cm³/mol. The van der Waals surface area contributed by atoms with Gasteiger partial charge in [-0.25, -0.2) is 4.98 Å². The van der Waals surface area contributed by atoms with E-state index in [2.05, 4.69) is 11.1 Å². The number of halogens is 1. The number of nitrogens with zero attached hydrogens (tertiary/aromatic N) is 1. The maximum atomic E-state index is 6.29. The van der Waals surface area contributed by atoms with E-state index >= 15 is 0 Å². The van der Waals surface area contributed by atoms with Crippen molar-refractivity contribution in [2.24, 2.45) is 0 Å². The first-order valence-electron chi connectivity index (χ1n) is 7.16. The number of pyridine rings is 1. The number of rotatable bonds is 4. The minimum atomic E-state index is 0.597. The largest absolute Gasteiger partial charge is 0.493 e. The number of hydrogen-bond donors (Lipinski definition) is 0. The molecule has 2 aromatic carbocycles. The molecule has 116 valence electrons. The maximum absolute atomic E-state index is 6.29. The molecule has 3 nitrogen and oxygen atoms in total. The van der Waals surface area contributed by atoms with Gasteiger partial charge in [0.1, 0.15) is 0 Å². The van der Waals surface area contributed by atoms with Crippen LogP contribution in [0.1, 0.15) is 11.3 Å². The van der Waals surface area contributed by atoms with E-state index in [4.69, 9.17) is 21.1 Å². The first-order chi connectivity index (χ1) is 11.2. The molecule has 3 aromatic rings. The van der Waals surface area contributed by atoms with Crippen molar-refractivity contribution in [3.63, 3.8) is 0 Å². The van der Waals surface area contributed by atoms with Crippen LogP contribution in [0.2, 0.25) is 5.02 Å². The van der Waals surface area contributed by atoms with Crippen molar-refractivity contribution in [1.29, 1.82) is 0 Å². The lowest BCUT2D eigenvalue weighted by Gasteiger charge is -2.09. The Morgan fingerprint density at radius 1 is 0.913 bits per heavy atom. The summed E-state index contributed by atoms with van der Waals surface area (Å²) < 4.78 is 10.5. The molecule has 23 heavy (non-hydrogen) atoms. The molecule has 1 heterocycles. The van der Waals surface area contributed by atoms with Crippen molar-refractivity contribution in [2.75, 3.05) is 14.2 Å². The van der Waals surface area contributed by atoms with E-state index in [0.717, 1.165) is 22.2 Å². The number of para-hydroxylation sites is 1. The van der Waals surface area contributed by atoms with Gasteiger partial charge in [0.25, 0.3) is 0 Å². The van der Waals surface area contributed by atoms with E-state index in [0.29, 0.717) is 16.5 Å². The van der Waals surface area contributed by atoms with Crippen molar-refractivity contribution >= 4 is 34.7 Å². The number of benzene rings is 2. The molecule has 0 N–H and O–H groups in total. The minimum Gasteiger partial charge on any atom is -0.493 e. The van der Waals surface area contributed by atoms with Gasteiger partial charge in [-0.2, -0.15) is 0 Å². The van der Waals surface area contributed by atoms with Gasteiger partial charge in [0.2, 0.25) is 0 Å².